The molecule has 0 bridgehead atoms. The third-order valence-corrected chi connectivity index (χ3v) is 6.09. The van der Waals surface area contributed by atoms with Crippen LogP contribution in [0.5, 0.6) is 0 Å². The van der Waals surface area contributed by atoms with E-state index in [1.165, 1.54) is 0 Å². The van der Waals surface area contributed by atoms with Crippen molar-refractivity contribution in [1.82, 2.24) is 24.9 Å². The van der Waals surface area contributed by atoms with Gasteiger partial charge in [-0.1, -0.05) is 23.8 Å². The van der Waals surface area contributed by atoms with E-state index in [4.69, 9.17) is 0 Å². The van der Waals surface area contributed by atoms with Crippen molar-refractivity contribution in [3.05, 3.63) is 72.2 Å². The van der Waals surface area contributed by atoms with Crippen LogP contribution in [0.3, 0.4) is 0 Å². The molecule has 1 N–H and O–H groups in total. The zero-order chi connectivity index (χ0) is 20.7. The Balaban J connectivity index is 1.33. The minimum absolute atomic E-state index is 0.128. The molecular formula is C24H25N5O. The van der Waals surface area contributed by atoms with Crippen LogP contribution in [0.2, 0.25) is 0 Å². The second-order valence-corrected chi connectivity index (χ2v) is 8.36. The summed E-state index contributed by atoms with van der Waals surface area (Å²) in [5, 5.41) is 12.6. The minimum atomic E-state index is 0.128. The van der Waals surface area contributed by atoms with Crippen LogP contribution in [0.15, 0.2) is 61.1 Å². The molecule has 152 valence electrons. The maximum atomic E-state index is 13.0. The number of hydrogen-bond acceptors (Lipinski definition) is 3. The molecule has 30 heavy (non-hydrogen) atoms. The topological polar surface area (TPSA) is 66.8 Å². The van der Waals surface area contributed by atoms with Gasteiger partial charge < -0.3 is 4.90 Å². The number of aryl methyl sites for hydroxylation is 1. The number of H-pyrrole nitrogens is 1. The largest absolute Gasteiger partial charge is 0.336 e. The fourth-order valence-corrected chi connectivity index (χ4v) is 4.57. The molecule has 0 aliphatic carbocycles. The highest BCUT2D eigenvalue weighted by Crippen LogP contribution is 2.28. The summed E-state index contributed by atoms with van der Waals surface area (Å²) in [6.07, 6.45) is 6.63. The van der Waals surface area contributed by atoms with Gasteiger partial charge in [0.25, 0.3) is 5.91 Å². The molecule has 2 aromatic heterocycles. The van der Waals surface area contributed by atoms with E-state index in [1.807, 2.05) is 54.7 Å². The average molecular weight is 399 g/mol. The molecule has 0 saturated carbocycles. The second kappa shape index (κ2) is 7.44. The molecule has 2 aromatic carbocycles. The molecule has 5 rings (SSSR count). The number of carbonyl (C=O) groups excluding carboxylic acids is 1. The maximum absolute atomic E-state index is 13.0. The summed E-state index contributed by atoms with van der Waals surface area (Å²) in [6, 6.07) is 14.5. The standard InChI is InChI=1S/C24H25N5O/c1-16-4-3-5-20(8-16)24(30)28-14-18(9-17(28)2)15-29-23-7-6-19(10-21(23)13-27-29)22-11-25-26-12-22/h3-8,10-13,17-18H,9,14-15H2,1-2H3,(H,25,26)/t17-,18?/m1/s1. The van der Waals surface area contributed by atoms with E-state index < -0.39 is 0 Å². The van der Waals surface area contributed by atoms with Crippen LogP contribution in [0, 0.1) is 12.8 Å². The van der Waals surface area contributed by atoms with Gasteiger partial charge in [-0.3, -0.25) is 14.6 Å². The number of aromatic amines is 1. The predicted octanol–water partition coefficient (Wildman–Crippen LogP) is 4.29. The molecule has 1 saturated heterocycles. The highest BCUT2D eigenvalue weighted by Gasteiger charge is 2.33. The van der Waals surface area contributed by atoms with Crippen molar-refractivity contribution in [3.63, 3.8) is 0 Å². The van der Waals surface area contributed by atoms with Crippen LogP contribution in [0.4, 0.5) is 0 Å². The number of hydrogen-bond donors (Lipinski definition) is 1. The van der Waals surface area contributed by atoms with Gasteiger partial charge in [-0.25, -0.2) is 0 Å². The first-order valence-electron chi connectivity index (χ1n) is 10.4. The summed E-state index contributed by atoms with van der Waals surface area (Å²) in [4.78, 5) is 15.0. The van der Waals surface area contributed by atoms with Crippen molar-refractivity contribution in [2.45, 2.75) is 32.9 Å². The summed E-state index contributed by atoms with van der Waals surface area (Å²) < 4.78 is 2.08. The number of nitrogens with zero attached hydrogens (tertiary/aromatic N) is 4. The molecule has 1 unspecified atom stereocenters. The number of fused-ring (bicyclic) bond motifs is 1. The normalized spacial score (nSPS) is 18.9. The lowest BCUT2D eigenvalue weighted by atomic mass is 10.1. The van der Waals surface area contributed by atoms with Gasteiger partial charge in [-0.15, -0.1) is 0 Å². The highest BCUT2D eigenvalue weighted by atomic mass is 16.2. The molecule has 0 spiro atoms. The SMILES string of the molecule is Cc1cccc(C(=O)N2CC(Cn3ncc4cc(-c5cn[nH]c5)ccc43)C[C@H]2C)c1. The number of amides is 1. The Morgan fingerprint density at radius 1 is 1.17 bits per heavy atom. The van der Waals surface area contributed by atoms with Gasteiger partial charge in [0.05, 0.1) is 17.9 Å². The molecule has 0 radical (unpaired) electrons. The van der Waals surface area contributed by atoms with Crippen LogP contribution < -0.4 is 0 Å². The van der Waals surface area contributed by atoms with E-state index in [1.54, 1.807) is 0 Å². The number of nitrogens with one attached hydrogen (secondary N) is 1. The van der Waals surface area contributed by atoms with E-state index in [0.29, 0.717) is 5.92 Å². The second-order valence-electron chi connectivity index (χ2n) is 8.36. The fraction of sp³-hybridized carbons (Fsp3) is 0.292. The van der Waals surface area contributed by atoms with Crippen LogP contribution in [0.25, 0.3) is 22.0 Å². The van der Waals surface area contributed by atoms with Gasteiger partial charge in [0.2, 0.25) is 0 Å². The first kappa shape index (κ1) is 18.6. The van der Waals surface area contributed by atoms with Crippen LogP contribution in [-0.4, -0.2) is 43.4 Å². The van der Waals surface area contributed by atoms with Gasteiger partial charge in [-0.05, 0) is 56.0 Å². The van der Waals surface area contributed by atoms with Crippen LogP contribution in [0.1, 0.15) is 29.3 Å². The maximum Gasteiger partial charge on any atom is 0.254 e. The lowest BCUT2D eigenvalue weighted by molar-refractivity contribution is 0.0742. The van der Waals surface area contributed by atoms with Crippen LogP contribution >= 0.6 is 0 Å². The molecule has 6 nitrogen and oxygen atoms in total. The Labute approximate surface area is 175 Å². The summed E-state index contributed by atoms with van der Waals surface area (Å²) in [5.41, 5.74) is 5.21. The lowest BCUT2D eigenvalue weighted by Gasteiger charge is -2.21. The number of carbonyl (C=O) groups is 1. The summed E-state index contributed by atoms with van der Waals surface area (Å²) in [6.45, 7) is 5.75. The fourth-order valence-electron chi connectivity index (χ4n) is 4.57. The van der Waals surface area contributed by atoms with E-state index in [0.717, 1.165) is 52.7 Å². The van der Waals surface area contributed by atoms with Crippen LogP contribution in [-0.2, 0) is 6.54 Å². The smallest absolute Gasteiger partial charge is 0.254 e. The summed E-state index contributed by atoms with van der Waals surface area (Å²) >= 11 is 0. The predicted molar refractivity (Wildman–Crippen MR) is 117 cm³/mol. The van der Waals surface area contributed by atoms with Crippen molar-refractivity contribution in [3.8, 4) is 11.1 Å². The number of rotatable bonds is 4. The van der Waals surface area contributed by atoms with E-state index >= 15 is 0 Å². The van der Waals surface area contributed by atoms with Crippen molar-refractivity contribution in [2.24, 2.45) is 5.92 Å². The van der Waals surface area contributed by atoms with Crippen molar-refractivity contribution >= 4 is 16.8 Å². The molecule has 4 aromatic rings. The Morgan fingerprint density at radius 3 is 2.87 bits per heavy atom. The first-order valence-corrected chi connectivity index (χ1v) is 10.4. The molecule has 1 amide bonds. The highest BCUT2D eigenvalue weighted by molar-refractivity contribution is 5.94. The summed E-state index contributed by atoms with van der Waals surface area (Å²) in [5.74, 6) is 0.522. The van der Waals surface area contributed by atoms with Gasteiger partial charge in [-0.2, -0.15) is 10.2 Å². The monoisotopic (exact) mass is 399 g/mol. The van der Waals surface area contributed by atoms with Gasteiger partial charge >= 0.3 is 0 Å². The minimum Gasteiger partial charge on any atom is -0.336 e. The molecule has 1 aliphatic rings. The van der Waals surface area contributed by atoms with Crippen molar-refractivity contribution in [2.75, 3.05) is 6.54 Å². The molecule has 1 fully saturated rings. The third-order valence-electron chi connectivity index (χ3n) is 6.09. The Hall–Kier alpha value is -3.41. The third kappa shape index (κ3) is 3.38. The summed E-state index contributed by atoms with van der Waals surface area (Å²) in [7, 11) is 0. The Kier molecular flexibility index (Phi) is 4.62. The van der Waals surface area contributed by atoms with E-state index in [2.05, 4.69) is 45.1 Å². The first-order chi connectivity index (χ1) is 14.6. The number of aromatic nitrogens is 4. The van der Waals surface area contributed by atoms with Gasteiger partial charge in [0, 0.05) is 41.8 Å². The number of likely N-dealkylation sites (tertiary alicyclic amines) is 1. The lowest BCUT2D eigenvalue weighted by Crippen LogP contribution is -2.34. The van der Waals surface area contributed by atoms with Gasteiger partial charge in [0.1, 0.15) is 0 Å². The zero-order valence-corrected chi connectivity index (χ0v) is 17.2. The quantitative estimate of drug-likeness (QED) is 0.557. The Bertz CT molecular complexity index is 1190. The molecular weight excluding hydrogens is 374 g/mol. The zero-order valence-electron chi connectivity index (χ0n) is 17.2. The van der Waals surface area contributed by atoms with Crippen molar-refractivity contribution in [1.29, 1.82) is 0 Å². The molecule has 3 heterocycles. The molecule has 2 atom stereocenters. The van der Waals surface area contributed by atoms with E-state index in [-0.39, 0.29) is 11.9 Å². The van der Waals surface area contributed by atoms with Crippen molar-refractivity contribution < 1.29 is 4.79 Å². The van der Waals surface area contributed by atoms with E-state index in [9.17, 15) is 4.79 Å². The molecule has 1 aliphatic heterocycles. The van der Waals surface area contributed by atoms with Gasteiger partial charge in [0.15, 0.2) is 0 Å². The number of benzene rings is 2. The average Bonchev–Trinajstić information content (AvgIpc) is 3.48. The molecule has 6 heteroatoms. The Morgan fingerprint density at radius 2 is 2.07 bits per heavy atom.